The van der Waals surface area contributed by atoms with Gasteiger partial charge in [-0.3, -0.25) is 9.69 Å². The molecule has 3 fully saturated rings. The van der Waals surface area contributed by atoms with Crippen LogP contribution in [0.3, 0.4) is 0 Å². The second-order valence-corrected chi connectivity index (χ2v) is 14.3. The SMILES string of the molecule is CCc1nc(C(N)=O)c(Nc2ccc(N3CCC(N4CCN(C)CC4)CC3)c(C)c2)nc1NC[C@H]1CCCCN1C(=O)OC(C)(C)C. The molecule has 0 radical (unpaired) electrons. The molecule has 258 valence electrons. The van der Waals surface area contributed by atoms with Crippen LogP contribution in [0.5, 0.6) is 0 Å². The molecular formula is C35H55N9O3. The first-order chi connectivity index (χ1) is 22.4. The van der Waals surface area contributed by atoms with Crippen LogP contribution in [0, 0.1) is 6.92 Å². The summed E-state index contributed by atoms with van der Waals surface area (Å²) in [5.74, 6) is 0.248. The molecule has 0 saturated carbocycles. The van der Waals surface area contributed by atoms with E-state index in [1.807, 2.05) is 38.7 Å². The number of nitrogens with two attached hydrogens (primary N) is 1. The van der Waals surface area contributed by atoms with Gasteiger partial charge in [-0.25, -0.2) is 14.8 Å². The number of likely N-dealkylation sites (N-methyl/N-ethyl adjacent to an activating group) is 1. The Hall–Kier alpha value is -3.64. The number of aromatic nitrogens is 2. The van der Waals surface area contributed by atoms with Gasteiger partial charge in [0, 0.05) is 69.8 Å². The minimum Gasteiger partial charge on any atom is -0.444 e. The lowest BCUT2D eigenvalue weighted by atomic mass is 10.0. The molecule has 2 amide bonds. The van der Waals surface area contributed by atoms with Crippen molar-refractivity contribution >= 4 is 35.0 Å². The molecule has 3 saturated heterocycles. The molecule has 47 heavy (non-hydrogen) atoms. The number of rotatable bonds is 9. The van der Waals surface area contributed by atoms with Crippen molar-refractivity contribution in [2.45, 2.75) is 90.8 Å². The van der Waals surface area contributed by atoms with E-state index in [2.05, 4.69) is 56.4 Å². The highest BCUT2D eigenvalue weighted by Crippen LogP contribution is 2.30. The van der Waals surface area contributed by atoms with Crippen LogP contribution in [0.1, 0.15) is 81.5 Å². The highest BCUT2D eigenvalue weighted by Gasteiger charge is 2.31. The molecule has 1 atom stereocenters. The Morgan fingerprint density at radius 3 is 2.34 bits per heavy atom. The van der Waals surface area contributed by atoms with E-state index in [1.54, 1.807) is 0 Å². The minimum absolute atomic E-state index is 0.0425. The number of carbonyl (C=O) groups is 2. The number of piperidine rings is 2. The van der Waals surface area contributed by atoms with Gasteiger partial charge >= 0.3 is 6.09 Å². The number of carbonyl (C=O) groups excluding carboxylic acids is 2. The fourth-order valence-electron chi connectivity index (χ4n) is 6.99. The fraction of sp³-hybridized carbons (Fsp3) is 0.657. The topological polar surface area (TPSA) is 132 Å². The van der Waals surface area contributed by atoms with Gasteiger partial charge in [-0.05, 0) is 97.0 Å². The van der Waals surface area contributed by atoms with Gasteiger partial charge in [0.1, 0.15) is 11.4 Å². The summed E-state index contributed by atoms with van der Waals surface area (Å²) in [4.78, 5) is 44.3. The van der Waals surface area contributed by atoms with Gasteiger partial charge in [0.2, 0.25) is 0 Å². The largest absolute Gasteiger partial charge is 0.444 e. The van der Waals surface area contributed by atoms with Crippen molar-refractivity contribution in [1.82, 2.24) is 24.7 Å². The summed E-state index contributed by atoms with van der Waals surface area (Å²) in [7, 11) is 2.21. The van der Waals surface area contributed by atoms with Crippen LogP contribution in [-0.4, -0.2) is 114 Å². The molecule has 3 aliphatic rings. The Kier molecular flexibility index (Phi) is 11.1. The quantitative estimate of drug-likeness (QED) is 0.354. The Bertz CT molecular complexity index is 1400. The number of nitrogens with zero attached hydrogens (tertiary/aromatic N) is 6. The van der Waals surface area contributed by atoms with Crippen LogP contribution < -0.4 is 21.3 Å². The molecule has 0 spiro atoms. The van der Waals surface area contributed by atoms with Gasteiger partial charge < -0.3 is 35.8 Å². The van der Waals surface area contributed by atoms with Gasteiger partial charge in [0.05, 0.1) is 11.7 Å². The van der Waals surface area contributed by atoms with Crippen molar-refractivity contribution in [1.29, 1.82) is 0 Å². The number of hydrogen-bond donors (Lipinski definition) is 3. The summed E-state index contributed by atoms with van der Waals surface area (Å²) in [5, 5.41) is 6.77. The van der Waals surface area contributed by atoms with Crippen LogP contribution in [0.4, 0.5) is 27.8 Å². The highest BCUT2D eigenvalue weighted by molar-refractivity contribution is 5.96. The van der Waals surface area contributed by atoms with Crippen molar-refractivity contribution in [3.8, 4) is 0 Å². The van der Waals surface area contributed by atoms with Crippen molar-refractivity contribution < 1.29 is 14.3 Å². The number of piperazine rings is 1. The zero-order chi connectivity index (χ0) is 33.7. The Morgan fingerprint density at radius 1 is 0.979 bits per heavy atom. The van der Waals surface area contributed by atoms with E-state index in [0.29, 0.717) is 42.9 Å². The van der Waals surface area contributed by atoms with Gasteiger partial charge in [0.25, 0.3) is 5.91 Å². The van der Waals surface area contributed by atoms with Crippen LogP contribution in [0.25, 0.3) is 0 Å². The smallest absolute Gasteiger partial charge is 0.410 e. The van der Waals surface area contributed by atoms with Gasteiger partial charge in [-0.2, -0.15) is 0 Å². The highest BCUT2D eigenvalue weighted by atomic mass is 16.6. The zero-order valence-corrected chi connectivity index (χ0v) is 29.3. The Labute approximate surface area is 280 Å². The monoisotopic (exact) mass is 649 g/mol. The molecule has 3 aliphatic heterocycles. The molecule has 5 rings (SSSR count). The lowest BCUT2D eigenvalue weighted by Crippen LogP contribution is -2.52. The van der Waals surface area contributed by atoms with E-state index >= 15 is 0 Å². The minimum atomic E-state index is -0.638. The first kappa shape index (κ1) is 34.7. The molecule has 0 aliphatic carbocycles. The number of hydrogen-bond acceptors (Lipinski definition) is 10. The maximum absolute atomic E-state index is 13.0. The standard InChI is InChI=1S/C35H55N9O3/c1-7-28-32(37-23-27-10-8-9-15-44(27)34(46)47-35(3,4)5)40-33(30(39-28)31(36)45)38-25-11-12-29(24(2)22-25)43-16-13-26(14-17-43)42-20-18-41(6)19-21-42/h11-12,22,26-27H,7-10,13-21,23H2,1-6H3,(H2,36,45)(H2,37,38,40)/t27-/m1/s1. The van der Waals surface area contributed by atoms with Crippen LogP contribution in [0.2, 0.25) is 0 Å². The Balaban J connectivity index is 1.27. The number of amides is 2. The van der Waals surface area contributed by atoms with E-state index in [4.69, 9.17) is 15.5 Å². The van der Waals surface area contributed by atoms with E-state index < -0.39 is 11.5 Å². The van der Waals surface area contributed by atoms with Crippen molar-refractivity contribution in [2.24, 2.45) is 5.73 Å². The number of primary amides is 1. The predicted octanol–water partition coefficient (Wildman–Crippen LogP) is 4.61. The number of nitrogens with one attached hydrogen (secondary N) is 2. The van der Waals surface area contributed by atoms with Crippen molar-refractivity contribution in [3.63, 3.8) is 0 Å². The van der Waals surface area contributed by atoms with Crippen molar-refractivity contribution in [3.05, 3.63) is 35.2 Å². The number of benzene rings is 1. The first-order valence-corrected chi connectivity index (χ1v) is 17.4. The van der Waals surface area contributed by atoms with Crippen molar-refractivity contribution in [2.75, 3.05) is 74.9 Å². The molecule has 0 unspecified atom stereocenters. The maximum atomic E-state index is 13.0. The average molecular weight is 650 g/mol. The average Bonchev–Trinajstić information content (AvgIpc) is 3.03. The molecule has 1 aromatic heterocycles. The number of anilines is 4. The second-order valence-electron chi connectivity index (χ2n) is 14.3. The predicted molar refractivity (Wildman–Crippen MR) is 188 cm³/mol. The number of ether oxygens (including phenoxy) is 1. The first-order valence-electron chi connectivity index (χ1n) is 17.4. The summed E-state index contributed by atoms with van der Waals surface area (Å²) in [6, 6.07) is 6.90. The summed E-state index contributed by atoms with van der Waals surface area (Å²) in [6.45, 7) is 17.6. The van der Waals surface area contributed by atoms with E-state index in [9.17, 15) is 9.59 Å². The van der Waals surface area contributed by atoms with E-state index in [1.165, 1.54) is 31.6 Å². The summed E-state index contributed by atoms with van der Waals surface area (Å²) >= 11 is 0. The molecule has 12 nitrogen and oxygen atoms in total. The van der Waals surface area contributed by atoms with Crippen LogP contribution in [-0.2, 0) is 11.2 Å². The molecule has 4 N–H and O–H groups in total. The number of likely N-dealkylation sites (tertiary alicyclic amines) is 1. The zero-order valence-electron chi connectivity index (χ0n) is 29.3. The van der Waals surface area contributed by atoms with Gasteiger partial charge in [-0.1, -0.05) is 6.92 Å². The van der Waals surface area contributed by atoms with E-state index in [0.717, 1.165) is 56.7 Å². The molecular weight excluding hydrogens is 594 g/mol. The molecule has 1 aromatic carbocycles. The normalized spacial score (nSPS) is 20.3. The third-order valence-electron chi connectivity index (χ3n) is 9.62. The summed E-state index contributed by atoms with van der Waals surface area (Å²) in [5.41, 5.74) is 9.19. The molecule has 4 heterocycles. The Morgan fingerprint density at radius 2 is 1.70 bits per heavy atom. The molecule has 0 bridgehead atoms. The van der Waals surface area contributed by atoms with Gasteiger partial charge in [0.15, 0.2) is 11.5 Å². The third-order valence-corrected chi connectivity index (χ3v) is 9.62. The fourth-order valence-corrected chi connectivity index (χ4v) is 6.99. The molecule has 2 aromatic rings. The lowest BCUT2D eigenvalue weighted by Gasteiger charge is -2.43. The third kappa shape index (κ3) is 8.84. The lowest BCUT2D eigenvalue weighted by molar-refractivity contribution is 0.0114. The van der Waals surface area contributed by atoms with Gasteiger partial charge in [-0.15, -0.1) is 0 Å². The second kappa shape index (κ2) is 15.1. The van der Waals surface area contributed by atoms with Crippen LogP contribution in [0.15, 0.2) is 18.2 Å². The summed E-state index contributed by atoms with van der Waals surface area (Å²) < 4.78 is 5.69. The maximum Gasteiger partial charge on any atom is 0.410 e. The molecule has 12 heteroatoms. The number of aryl methyl sites for hydroxylation is 2. The van der Waals surface area contributed by atoms with E-state index in [-0.39, 0.29) is 17.8 Å². The van der Waals surface area contributed by atoms with Crippen LogP contribution >= 0.6 is 0 Å². The summed E-state index contributed by atoms with van der Waals surface area (Å²) in [6.07, 6.45) is 5.47.